The Morgan fingerprint density at radius 3 is 2.20 bits per heavy atom. The van der Waals surface area contributed by atoms with Crippen LogP contribution in [0.15, 0.2) is 18.2 Å². The first-order chi connectivity index (χ1) is 9.61. The number of hydrogen-bond donors (Lipinski definition) is 3. The smallest absolute Gasteiger partial charge is 0.124 e. The molecule has 1 unspecified atom stereocenters. The molecule has 1 saturated carbocycles. The Morgan fingerprint density at radius 2 is 1.65 bits per heavy atom. The highest BCUT2D eigenvalue weighted by Crippen LogP contribution is 2.33. The maximum absolute atomic E-state index is 9.87. The van der Waals surface area contributed by atoms with Crippen LogP contribution in [0.4, 0.5) is 0 Å². The first-order valence-corrected chi connectivity index (χ1v) is 7.86. The SMILES string of the molecule is CCC1CCC(CNC(C)c2c(O)cccc2O)CC1. The lowest BCUT2D eigenvalue weighted by atomic mass is 9.81. The standard InChI is InChI=1S/C17H27NO2/c1-3-13-7-9-14(10-8-13)11-18-12(2)17-15(19)5-4-6-16(17)20/h4-6,12-14,18-20H,3,7-11H2,1-2H3. The van der Waals surface area contributed by atoms with Gasteiger partial charge in [-0.25, -0.2) is 0 Å². The number of phenolic OH excluding ortho intramolecular Hbond substituents is 2. The molecule has 0 heterocycles. The van der Waals surface area contributed by atoms with Gasteiger partial charge >= 0.3 is 0 Å². The van der Waals surface area contributed by atoms with Crippen molar-refractivity contribution in [2.24, 2.45) is 11.8 Å². The van der Waals surface area contributed by atoms with Crippen LogP contribution in [0.3, 0.4) is 0 Å². The summed E-state index contributed by atoms with van der Waals surface area (Å²) in [5, 5.41) is 23.2. The monoisotopic (exact) mass is 277 g/mol. The largest absolute Gasteiger partial charge is 0.507 e. The molecule has 0 bridgehead atoms. The van der Waals surface area contributed by atoms with E-state index in [-0.39, 0.29) is 17.5 Å². The van der Waals surface area contributed by atoms with Crippen molar-refractivity contribution in [2.75, 3.05) is 6.54 Å². The third-order valence-corrected chi connectivity index (χ3v) is 4.75. The van der Waals surface area contributed by atoms with Crippen molar-refractivity contribution in [3.63, 3.8) is 0 Å². The predicted molar refractivity (Wildman–Crippen MR) is 81.9 cm³/mol. The van der Waals surface area contributed by atoms with E-state index in [9.17, 15) is 10.2 Å². The summed E-state index contributed by atoms with van der Waals surface area (Å²) >= 11 is 0. The van der Waals surface area contributed by atoms with Crippen LogP contribution >= 0.6 is 0 Å². The Kier molecular flexibility index (Phi) is 5.30. The van der Waals surface area contributed by atoms with Crippen molar-refractivity contribution < 1.29 is 10.2 Å². The third kappa shape index (κ3) is 3.66. The molecule has 0 aromatic heterocycles. The first-order valence-electron chi connectivity index (χ1n) is 7.86. The van der Waals surface area contributed by atoms with Gasteiger partial charge in [-0.1, -0.05) is 32.3 Å². The van der Waals surface area contributed by atoms with Crippen molar-refractivity contribution in [3.8, 4) is 11.5 Å². The van der Waals surface area contributed by atoms with Crippen LogP contribution in [0.1, 0.15) is 57.6 Å². The molecule has 3 nitrogen and oxygen atoms in total. The van der Waals surface area contributed by atoms with Crippen LogP contribution in [-0.2, 0) is 0 Å². The molecular formula is C17H27NO2. The summed E-state index contributed by atoms with van der Waals surface area (Å²) in [6.45, 7) is 5.24. The minimum absolute atomic E-state index is 0.0277. The number of aromatic hydroxyl groups is 2. The van der Waals surface area contributed by atoms with Gasteiger partial charge in [-0.3, -0.25) is 0 Å². The number of benzene rings is 1. The van der Waals surface area contributed by atoms with Gasteiger partial charge in [-0.05, 0) is 50.3 Å². The highest BCUT2D eigenvalue weighted by molar-refractivity contribution is 5.44. The lowest BCUT2D eigenvalue weighted by Gasteiger charge is -2.29. The fourth-order valence-electron chi connectivity index (χ4n) is 3.27. The molecule has 0 saturated heterocycles. The maximum atomic E-state index is 9.87. The molecular weight excluding hydrogens is 250 g/mol. The Hall–Kier alpha value is -1.22. The van der Waals surface area contributed by atoms with E-state index in [1.54, 1.807) is 18.2 Å². The molecule has 0 amide bonds. The second kappa shape index (κ2) is 6.98. The summed E-state index contributed by atoms with van der Waals surface area (Å²) in [5.74, 6) is 1.98. The minimum atomic E-state index is -0.0277. The van der Waals surface area contributed by atoms with Crippen LogP contribution in [0.2, 0.25) is 0 Å². The molecule has 20 heavy (non-hydrogen) atoms. The van der Waals surface area contributed by atoms with E-state index in [1.165, 1.54) is 32.1 Å². The molecule has 3 N–H and O–H groups in total. The third-order valence-electron chi connectivity index (χ3n) is 4.75. The number of hydrogen-bond acceptors (Lipinski definition) is 3. The van der Waals surface area contributed by atoms with Crippen molar-refractivity contribution >= 4 is 0 Å². The maximum Gasteiger partial charge on any atom is 0.124 e. The highest BCUT2D eigenvalue weighted by atomic mass is 16.3. The van der Waals surface area contributed by atoms with Crippen LogP contribution in [0, 0.1) is 11.8 Å². The molecule has 1 fully saturated rings. The average molecular weight is 277 g/mol. The summed E-state index contributed by atoms with van der Waals surface area (Å²) in [6, 6.07) is 4.88. The van der Waals surface area contributed by atoms with Gasteiger partial charge in [0.2, 0.25) is 0 Å². The van der Waals surface area contributed by atoms with E-state index in [4.69, 9.17) is 0 Å². The molecule has 0 radical (unpaired) electrons. The summed E-state index contributed by atoms with van der Waals surface area (Å²) in [4.78, 5) is 0. The van der Waals surface area contributed by atoms with Gasteiger partial charge in [0, 0.05) is 6.04 Å². The van der Waals surface area contributed by atoms with Gasteiger partial charge in [0.15, 0.2) is 0 Å². The average Bonchev–Trinajstić information content (AvgIpc) is 2.45. The number of phenols is 2. The first kappa shape index (κ1) is 15.2. The molecule has 112 valence electrons. The Bertz CT molecular complexity index is 405. The van der Waals surface area contributed by atoms with E-state index in [2.05, 4.69) is 12.2 Å². The second-order valence-corrected chi connectivity index (χ2v) is 6.13. The van der Waals surface area contributed by atoms with Gasteiger partial charge < -0.3 is 15.5 Å². The Morgan fingerprint density at radius 1 is 1.10 bits per heavy atom. The van der Waals surface area contributed by atoms with Crippen LogP contribution < -0.4 is 5.32 Å². The van der Waals surface area contributed by atoms with Gasteiger partial charge in [0.25, 0.3) is 0 Å². The van der Waals surface area contributed by atoms with Crippen molar-refractivity contribution in [3.05, 3.63) is 23.8 Å². The molecule has 1 atom stereocenters. The summed E-state index contributed by atoms with van der Waals surface area (Å²) in [5.41, 5.74) is 0.606. The Labute approximate surface area is 122 Å². The number of rotatable bonds is 5. The van der Waals surface area contributed by atoms with Gasteiger partial charge in [-0.2, -0.15) is 0 Å². The van der Waals surface area contributed by atoms with Gasteiger partial charge in [0.05, 0.1) is 5.56 Å². The van der Waals surface area contributed by atoms with Crippen molar-refractivity contribution in [2.45, 2.75) is 52.0 Å². The quantitative estimate of drug-likeness (QED) is 0.763. The van der Waals surface area contributed by atoms with E-state index < -0.39 is 0 Å². The van der Waals surface area contributed by atoms with Crippen molar-refractivity contribution in [1.29, 1.82) is 0 Å². The molecule has 1 aromatic rings. The molecule has 2 rings (SSSR count). The zero-order chi connectivity index (χ0) is 14.5. The molecule has 0 spiro atoms. The molecule has 0 aliphatic heterocycles. The fraction of sp³-hybridized carbons (Fsp3) is 0.647. The normalized spacial score (nSPS) is 24.5. The second-order valence-electron chi connectivity index (χ2n) is 6.13. The van der Waals surface area contributed by atoms with Crippen LogP contribution in [-0.4, -0.2) is 16.8 Å². The topological polar surface area (TPSA) is 52.5 Å². The zero-order valence-corrected chi connectivity index (χ0v) is 12.6. The molecule has 1 aliphatic carbocycles. The molecule has 1 aromatic carbocycles. The fourth-order valence-corrected chi connectivity index (χ4v) is 3.27. The summed E-state index contributed by atoms with van der Waals surface area (Å²) < 4.78 is 0. The zero-order valence-electron chi connectivity index (χ0n) is 12.6. The van der Waals surface area contributed by atoms with Gasteiger partial charge in [-0.15, -0.1) is 0 Å². The van der Waals surface area contributed by atoms with E-state index in [1.807, 2.05) is 6.92 Å². The number of nitrogens with one attached hydrogen (secondary N) is 1. The molecule has 3 heteroatoms. The minimum Gasteiger partial charge on any atom is -0.507 e. The van der Waals surface area contributed by atoms with Crippen LogP contribution in [0.25, 0.3) is 0 Å². The molecule has 1 aliphatic rings. The van der Waals surface area contributed by atoms with Gasteiger partial charge in [0.1, 0.15) is 11.5 Å². The van der Waals surface area contributed by atoms with Crippen LogP contribution in [0.5, 0.6) is 11.5 Å². The highest BCUT2D eigenvalue weighted by Gasteiger charge is 2.21. The van der Waals surface area contributed by atoms with Crippen molar-refractivity contribution in [1.82, 2.24) is 5.32 Å². The Balaban J connectivity index is 1.85. The summed E-state index contributed by atoms with van der Waals surface area (Å²) in [6.07, 6.45) is 6.59. The van der Waals surface area contributed by atoms with E-state index in [0.717, 1.165) is 18.4 Å². The lowest BCUT2D eigenvalue weighted by Crippen LogP contribution is -2.28. The summed E-state index contributed by atoms with van der Waals surface area (Å²) in [7, 11) is 0. The lowest BCUT2D eigenvalue weighted by molar-refractivity contribution is 0.257. The van der Waals surface area contributed by atoms with E-state index >= 15 is 0 Å². The predicted octanol–water partition coefficient (Wildman–Crippen LogP) is 3.96. The van der Waals surface area contributed by atoms with E-state index in [0.29, 0.717) is 5.56 Å².